The van der Waals surface area contributed by atoms with Crippen LogP contribution in [-0.2, 0) is 4.74 Å². The molecule has 0 saturated carbocycles. The molecule has 2 aromatic rings. The molecule has 2 aromatic carbocycles. The summed E-state index contributed by atoms with van der Waals surface area (Å²) in [6, 6.07) is 12.8. The number of ether oxygens (including phenoxy) is 2. The molecule has 0 bridgehead atoms. The maximum absolute atomic E-state index is 12.1. The molecule has 28 heavy (non-hydrogen) atoms. The van der Waals surface area contributed by atoms with Crippen LogP contribution in [0, 0.1) is 6.92 Å². The molecule has 0 aliphatic heterocycles. The Balaban J connectivity index is 2.09. The summed E-state index contributed by atoms with van der Waals surface area (Å²) in [5.74, 6) is 2.11. The molecule has 0 amide bonds. The van der Waals surface area contributed by atoms with E-state index in [1.165, 1.54) is 0 Å². The van der Waals surface area contributed by atoms with Gasteiger partial charge >= 0.3 is 5.97 Å². The lowest BCUT2D eigenvalue weighted by atomic mass is 10.1. The molecular formula is C22H27Cl2NO3. The molecule has 6 heteroatoms. The minimum atomic E-state index is -0.521. The van der Waals surface area contributed by atoms with Crippen molar-refractivity contribution < 1.29 is 14.3 Å². The first kappa shape index (κ1) is 22.4. The van der Waals surface area contributed by atoms with Gasteiger partial charge in [-0.1, -0.05) is 0 Å². The molecule has 0 saturated heterocycles. The van der Waals surface area contributed by atoms with Gasteiger partial charge in [0.25, 0.3) is 0 Å². The Bertz CT molecular complexity index is 779. The van der Waals surface area contributed by atoms with Crippen LogP contribution in [0.5, 0.6) is 11.5 Å². The van der Waals surface area contributed by atoms with Gasteiger partial charge in [-0.25, -0.2) is 4.79 Å². The highest BCUT2D eigenvalue weighted by Crippen LogP contribution is 2.28. The number of hydrogen-bond acceptors (Lipinski definition) is 4. The fourth-order valence-electron chi connectivity index (χ4n) is 2.74. The van der Waals surface area contributed by atoms with Crippen LogP contribution in [0.3, 0.4) is 0 Å². The van der Waals surface area contributed by atoms with Crippen LogP contribution >= 0.6 is 23.2 Å². The van der Waals surface area contributed by atoms with Crippen molar-refractivity contribution in [1.29, 1.82) is 0 Å². The van der Waals surface area contributed by atoms with Gasteiger partial charge in [-0.15, -0.1) is 23.2 Å². The third-order valence-electron chi connectivity index (χ3n) is 3.94. The van der Waals surface area contributed by atoms with Crippen molar-refractivity contribution in [2.24, 2.45) is 0 Å². The number of benzene rings is 2. The molecule has 4 nitrogen and oxygen atoms in total. The van der Waals surface area contributed by atoms with E-state index in [0.717, 1.165) is 30.1 Å². The lowest BCUT2D eigenvalue weighted by Crippen LogP contribution is -2.28. The second kappa shape index (κ2) is 10.0. The van der Waals surface area contributed by atoms with Gasteiger partial charge in [-0.2, -0.15) is 0 Å². The number of nitrogens with zero attached hydrogens (tertiary/aromatic N) is 1. The van der Waals surface area contributed by atoms with Crippen molar-refractivity contribution in [3.05, 3.63) is 53.6 Å². The molecule has 2 rings (SSSR count). The number of carbonyl (C=O) groups excluding carboxylic acids is 1. The van der Waals surface area contributed by atoms with Gasteiger partial charge in [0.2, 0.25) is 0 Å². The fraction of sp³-hybridized carbons (Fsp3) is 0.409. The lowest BCUT2D eigenvalue weighted by molar-refractivity contribution is 0.00695. The van der Waals surface area contributed by atoms with Crippen molar-refractivity contribution in [3.8, 4) is 11.5 Å². The quantitative estimate of drug-likeness (QED) is 0.383. The molecular weight excluding hydrogens is 397 g/mol. The molecule has 0 unspecified atom stereocenters. The van der Waals surface area contributed by atoms with Gasteiger partial charge in [0.15, 0.2) is 0 Å². The summed E-state index contributed by atoms with van der Waals surface area (Å²) in [6.45, 7) is 9.04. The molecule has 152 valence electrons. The van der Waals surface area contributed by atoms with Crippen LogP contribution < -0.4 is 9.64 Å². The largest absolute Gasteiger partial charge is 0.457 e. The van der Waals surface area contributed by atoms with Crippen molar-refractivity contribution >= 4 is 34.9 Å². The molecule has 0 heterocycles. The Labute approximate surface area is 177 Å². The van der Waals surface area contributed by atoms with Crippen molar-refractivity contribution in [1.82, 2.24) is 0 Å². The summed E-state index contributed by atoms with van der Waals surface area (Å²) < 4.78 is 11.3. The van der Waals surface area contributed by atoms with Gasteiger partial charge in [-0.05, 0) is 75.7 Å². The first-order valence-electron chi connectivity index (χ1n) is 9.22. The average molecular weight is 424 g/mol. The van der Waals surface area contributed by atoms with Crippen molar-refractivity contribution in [2.75, 3.05) is 29.7 Å². The first-order chi connectivity index (χ1) is 13.2. The van der Waals surface area contributed by atoms with Crippen molar-refractivity contribution in [3.63, 3.8) is 0 Å². The van der Waals surface area contributed by atoms with Gasteiger partial charge in [0, 0.05) is 30.5 Å². The molecule has 0 aromatic heterocycles. The first-order valence-corrected chi connectivity index (χ1v) is 10.3. The number of aryl methyl sites for hydroxylation is 1. The highest BCUT2D eigenvalue weighted by molar-refractivity contribution is 6.18. The van der Waals surface area contributed by atoms with Gasteiger partial charge in [0.05, 0.1) is 5.56 Å². The zero-order valence-corrected chi connectivity index (χ0v) is 18.3. The summed E-state index contributed by atoms with van der Waals surface area (Å²) in [5.41, 5.74) is 2.14. The standard InChI is InChI=1S/C22H27Cl2NO3/c1-16-15-19(9-10-20(16)25(13-11-23)14-12-24)27-18-7-5-17(6-8-18)21(26)28-22(2,3)4/h5-10,15H,11-14H2,1-4H3. The Hall–Kier alpha value is -1.91. The SMILES string of the molecule is Cc1cc(Oc2ccc(C(=O)OC(C)(C)C)cc2)ccc1N(CCCl)CCCl. The molecule has 0 spiro atoms. The van der Waals surface area contributed by atoms with Crippen LogP contribution in [0.2, 0.25) is 0 Å². The second-order valence-corrected chi connectivity index (χ2v) is 8.20. The average Bonchev–Trinajstić information content (AvgIpc) is 2.61. The number of anilines is 1. The third kappa shape index (κ3) is 6.61. The number of hydrogen-bond donors (Lipinski definition) is 0. The lowest BCUT2D eigenvalue weighted by Gasteiger charge is -2.25. The highest BCUT2D eigenvalue weighted by atomic mass is 35.5. The van der Waals surface area contributed by atoms with Crippen LogP contribution in [0.1, 0.15) is 36.7 Å². The summed E-state index contributed by atoms with van der Waals surface area (Å²) in [6.07, 6.45) is 0. The number of alkyl halides is 2. The topological polar surface area (TPSA) is 38.8 Å². The van der Waals surface area contributed by atoms with Crippen LogP contribution in [0.25, 0.3) is 0 Å². The fourth-order valence-corrected chi connectivity index (χ4v) is 3.14. The zero-order valence-electron chi connectivity index (χ0n) is 16.8. The molecule has 0 atom stereocenters. The molecule has 0 aliphatic carbocycles. The summed E-state index contributed by atoms with van der Waals surface area (Å²) in [5, 5.41) is 0. The van der Waals surface area contributed by atoms with E-state index in [1.54, 1.807) is 24.3 Å². The monoisotopic (exact) mass is 423 g/mol. The van der Waals surface area contributed by atoms with Crippen LogP contribution in [0.4, 0.5) is 5.69 Å². The minimum Gasteiger partial charge on any atom is -0.457 e. The van der Waals surface area contributed by atoms with E-state index in [0.29, 0.717) is 23.1 Å². The number of halogens is 2. The zero-order chi connectivity index (χ0) is 20.7. The Morgan fingerprint density at radius 1 is 0.964 bits per heavy atom. The van der Waals surface area contributed by atoms with E-state index in [4.69, 9.17) is 32.7 Å². The number of carbonyl (C=O) groups is 1. The summed E-state index contributed by atoms with van der Waals surface area (Å²) >= 11 is 11.8. The van der Waals surface area contributed by atoms with Crippen LogP contribution in [0.15, 0.2) is 42.5 Å². The Morgan fingerprint density at radius 3 is 2.04 bits per heavy atom. The van der Waals surface area contributed by atoms with Crippen LogP contribution in [-0.4, -0.2) is 36.4 Å². The summed E-state index contributed by atoms with van der Waals surface area (Å²) in [7, 11) is 0. The second-order valence-electron chi connectivity index (χ2n) is 7.44. The van der Waals surface area contributed by atoms with E-state index in [1.807, 2.05) is 45.9 Å². The van der Waals surface area contributed by atoms with Gasteiger partial charge < -0.3 is 14.4 Å². The minimum absolute atomic E-state index is 0.349. The predicted molar refractivity (Wildman–Crippen MR) is 117 cm³/mol. The normalized spacial score (nSPS) is 11.2. The highest BCUT2D eigenvalue weighted by Gasteiger charge is 2.17. The number of esters is 1. The van der Waals surface area contributed by atoms with Crippen molar-refractivity contribution in [2.45, 2.75) is 33.3 Å². The maximum Gasteiger partial charge on any atom is 0.338 e. The summed E-state index contributed by atoms with van der Waals surface area (Å²) in [4.78, 5) is 14.3. The van der Waals surface area contributed by atoms with E-state index >= 15 is 0 Å². The van der Waals surface area contributed by atoms with Gasteiger partial charge in [-0.3, -0.25) is 0 Å². The molecule has 0 aliphatic rings. The van der Waals surface area contributed by atoms with E-state index in [2.05, 4.69) is 4.90 Å². The maximum atomic E-state index is 12.1. The Morgan fingerprint density at radius 2 is 1.54 bits per heavy atom. The smallest absolute Gasteiger partial charge is 0.338 e. The third-order valence-corrected chi connectivity index (χ3v) is 4.28. The van der Waals surface area contributed by atoms with E-state index in [9.17, 15) is 4.79 Å². The molecule has 0 fully saturated rings. The molecule has 0 N–H and O–H groups in total. The van der Waals surface area contributed by atoms with E-state index in [-0.39, 0.29) is 5.97 Å². The van der Waals surface area contributed by atoms with Gasteiger partial charge in [0.1, 0.15) is 17.1 Å². The Kier molecular flexibility index (Phi) is 8.02. The predicted octanol–water partition coefficient (Wildman–Crippen LogP) is 6.03. The molecule has 0 radical (unpaired) electrons. The number of rotatable bonds is 8. The van der Waals surface area contributed by atoms with E-state index < -0.39 is 5.60 Å².